The van der Waals surface area contributed by atoms with E-state index in [2.05, 4.69) is 4.74 Å². The van der Waals surface area contributed by atoms with Gasteiger partial charge in [0.25, 0.3) is 0 Å². The van der Waals surface area contributed by atoms with Gasteiger partial charge in [0.1, 0.15) is 11.6 Å². The van der Waals surface area contributed by atoms with E-state index < -0.39 is 31.0 Å². The van der Waals surface area contributed by atoms with Crippen molar-refractivity contribution in [1.82, 2.24) is 0 Å². The number of rotatable bonds is 8. The molecule has 2 aromatic rings. The second-order valence-electron chi connectivity index (χ2n) is 11.6. The molecule has 2 aromatic carbocycles. The maximum Gasteiger partial charge on any atom is 0.400 e. The summed E-state index contributed by atoms with van der Waals surface area (Å²) in [5.74, 6) is -1.53. The first-order valence-corrected chi connectivity index (χ1v) is 14.3. The quantitative estimate of drug-likeness (QED) is 0.299. The SMILES string of the molecule is CC1COC(c2ccc(C3CCC(C4CCC(C(F)(F)Oc5ccc(OCF)c(F)c5)CC4)CC3)c(F)c2)OC1. The molecular weight excluding hydrogens is 531 g/mol. The molecule has 0 spiro atoms. The topological polar surface area (TPSA) is 36.9 Å². The van der Waals surface area contributed by atoms with Crippen molar-refractivity contribution >= 4 is 0 Å². The van der Waals surface area contributed by atoms with Gasteiger partial charge in [-0.05, 0) is 92.9 Å². The molecule has 2 saturated carbocycles. The Morgan fingerprint density at radius 2 is 1.48 bits per heavy atom. The number of alkyl halides is 3. The third-order valence-corrected chi connectivity index (χ3v) is 8.85. The van der Waals surface area contributed by atoms with Crippen LogP contribution in [0.1, 0.15) is 81.6 Å². The van der Waals surface area contributed by atoms with Crippen molar-refractivity contribution in [3.05, 3.63) is 59.2 Å². The second-order valence-corrected chi connectivity index (χ2v) is 11.6. The molecule has 0 unspecified atom stereocenters. The largest absolute Gasteiger partial charge is 0.460 e. The minimum absolute atomic E-state index is 0.148. The summed E-state index contributed by atoms with van der Waals surface area (Å²) in [5.41, 5.74) is 1.43. The summed E-state index contributed by atoms with van der Waals surface area (Å²) < 4.78 is 91.8. The van der Waals surface area contributed by atoms with Crippen LogP contribution in [0.15, 0.2) is 36.4 Å². The number of hydrogen-bond donors (Lipinski definition) is 0. The molecule has 2 aliphatic carbocycles. The first-order chi connectivity index (χ1) is 19.2. The van der Waals surface area contributed by atoms with Crippen molar-refractivity contribution in [2.24, 2.45) is 23.7 Å². The lowest BCUT2D eigenvalue weighted by molar-refractivity contribution is -0.224. The van der Waals surface area contributed by atoms with Gasteiger partial charge >= 0.3 is 6.11 Å². The lowest BCUT2D eigenvalue weighted by Crippen LogP contribution is -2.38. The Hall–Kier alpha value is -2.39. The molecule has 0 atom stereocenters. The van der Waals surface area contributed by atoms with Crippen LogP contribution >= 0.6 is 0 Å². The van der Waals surface area contributed by atoms with E-state index in [9.17, 15) is 17.6 Å². The standard InChI is InChI=1S/C31H37F5O4/c1-19-16-37-30(38-17-19)23-8-12-26(27(33)14-23)22-4-2-20(3-5-22)21-6-9-24(10-7-21)31(35,36)40-25-11-13-29(39-18-32)28(34)15-25/h8,11-15,19-22,24,30H,2-7,9-10,16-18H2,1H3. The van der Waals surface area contributed by atoms with Crippen LogP contribution in [0, 0.1) is 35.3 Å². The zero-order valence-electron chi connectivity index (χ0n) is 22.7. The van der Waals surface area contributed by atoms with Crippen LogP contribution in [0.5, 0.6) is 11.5 Å². The summed E-state index contributed by atoms with van der Waals surface area (Å²) in [5, 5.41) is 0. The molecule has 0 amide bonds. The first kappa shape index (κ1) is 29.1. The van der Waals surface area contributed by atoms with Gasteiger partial charge in [-0.25, -0.2) is 13.2 Å². The molecule has 9 heteroatoms. The summed E-state index contributed by atoms with van der Waals surface area (Å²) >= 11 is 0. The summed E-state index contributed by atoms with van der Waals surface area (Å²) in [6.07, 6.45) is 1.70. The van der Waals surface area contributed by atoms with Gasteiger partial charge in [0, 0.05) is 17.5 Å². The third-order valence-electron chi connectivity index (χ3n) is 8.85. The number of hydrogen-bond acceptors (Lipinski definition) is 4. The molecule has 1 heterocycles. The minimum atomic E-state index is -3.44. The molecule has 0 aromatic heterocycles. The molecule has 4 nitrogen and oxygen atoms in total. The maximum absolute atomic E-state index is 15.1. The monoisotopic (exact) mass is 568 g/mol. The van der Waals surface area contributed by atoms with E-state index >= 15 is 4.39 Å². The summed E-state index contributed by atoms with van der Waals surface area (Å²) in [6.45, 7) is 2.02. The Labute approximate surface area is 232 Å². The fraction of sp³-hybridized carbons (Fsp3) is 0.613. The molecular formula is C31H37F5O4. The van der Waals surface area contributed by atoms with E-state index in [0.29, 0.717) is 62.2 Å². The number of halogens is 5. The van der Waals surface area contributed by atoms with Crippen molar-refractivity contribution in [3.63, 3.8) is 0 Å². The van der Waals surface area contributed by atoms with Crippen molar-refractivity contribution in [3.8, 4) is 11.5 Å². The first-order valence-electron chi connectivity index (χ1n) is 14.3. The minimum Gasteiger partial charge on any atom is -0.460 e. The highest BCUT2D eigenvalue weighted by molar-refractivity contribution is 5.33. The third kappa shape index (κ3) is 6.73. The number of ether oxygens (including phenoxy) is 4. The van der Waals surface area contributed by atoms with Crippen LogP contribution in [0.3, 0.4) is 0 Å². The van der Waals surface area contributed by atoms with Gasteiger partial charge in [0.05, 0.1) is 19.1 Å². The summed E-state index contributed by atoms with van der Waals surface area (Å²) in [7, 11) is 0. The zero-order valence-corrected chi connectivity index (χ0v) is 22.7. The van der Waals surface area contributed by atoms with E-state index in [1.165, 1.54) is 6.07 Å². The lowest BCUT2D eigenvalue weighted by Gasteiger charge is -2.39. The zero-order chi connectivity index (χ0) is 28.3. The van der Waals surface area contributed by atoms with Crippen LogP contribution < -0.4 is 9.47 Å². The molecule has 5 rings (SSSR count). The van der Waals surface area contributed by atoms with Crippen LogP contribution in [0.2, 0.25) is 0 Å². The molecule has 220 valence electrons. The predicted octanol–water partition coefficient (Wildman–Crippen LogP) is 8.70. The van der Waals surface area contributed by atoms with E-state index in [1.54, 1.807) is 0 Å². The summed E-state index contributed by atoms with van der Waals surface area (Å²) in [4.78, 5) is 0. The van der Waals surface area contributed by atoms with Crippen molar-refractivity contribution in [2.45, 2.75) is 76.6 Å². The molecule has 3 fully saturated rings. The highest BCUT2D eigenvalue weighted by Gasteiger charge is 2.45. The fourth-order valence-corrected chi connectivity index (χ4v) is 6.60. The van der Waals surface area contributed by atoms with Crippen molar-refractivity contribution < 1.29 is 40.9 Å². The lowest BCUT2D eigenvalue weighted by atomic mass is 9.68. The molecule has 0 bridgehead atoms. The van der Waals surface area contributed by atoms with Crippen LogP contribution in [0.25, 0.3) is 0 Å². The van der Waals surface area contributed by atoms with Crippen LogP contribution in [-0.4, -0.2) is 26.2 Å². The van der Waals surface area contributed by atoms with E-state index in [1.807, 2.05) is 19.1 Å². The van der Waals surface area contributed by atoms with Gasteiger partial charge in [-0.3, -0.25) is 0 Å². The average Bonchev–Trinajstić information content (AvgIpc) is 2.95. The smallest absolute Gasteiger partial charge is 0.400 e. The Morgan fingerprint density at radius 3 is 2.08 bits per heavy atom. The average molecular weight is 569 g/mol. The van der Waals surface area contributed by atoms with Gasteiger partial charge in [0.2, 0.25) is 6.86 Å². The van der Waals surface area contributed by atoms with Gasteiger partial charge in [-0.15, -0.1) is 0 Å². The highest BCUT2D eigenvalue weighted by atomic mass is 19.3. The van der Waals surface area contributed by atoms with Crippen molar-refractivity contribution in [2.75, 3.05) is 20.1 Å². The van der Waals surface area contributed by atoms with E-state index in [4.69, 9.17) is 14.2 Å². The fourth-order valence-electron chi connectivity index (χ4n) is 6.60. The predicted molar refractivity (Wildman–Crippen MR) is 139 cm³/mol. The Bertz CT molecular complexity index is 1120. The molecule has 0 N–H and O–H groups in total. The van der Waals surface area contributed by atoms with Crippen LogP contribution in [0.4, 0.5) is 22.0 Å². The van der Waals surface area contributed by atoms with Gasteiger partial charge in [-0.2, -0.15) is 8.78 Å². The molecule has 0 radical (unpaired) electrons. The van der Waals surface area contributed by atoms with Crippen LogP contribution in [-0.2, 0) is 9.47 Å². The van der Waals surface area contributed by atoms with Gasteiger partial charge < -0.3 is 18.9 Å². The Balaban J connectivity index is 1.10. The van der Waals surface area contributed by atoms with Crippen molar-refractivity contribution in [1.29, 1.82) is 0 Å². The second kappa shape index (κ2) is 12.6. The number of benzene rings is 2. The van der Waals surface area contributed by atoms with Gasteiger partial charge in [-0.1, -0.05) is 19.1 Å². The molecule has 40 heavy (non-hydrogen) atoms. The molecule has 1 saturated heterocycles. The molecule has 1 aliphatic heterocycles. The van der Waals surface area contributed by atoms with E-state index in [-0.39, 0.29) is 23.2 Å². The normalized spacial score (nSPS) is 29.6. The Kier molecular flexibility index (Phi) is 9.20. The Morgan fingerprint density at radius 1 is 0.825 bits per heavy atom. The van der Waals surface area contributed by atoms with E-state index in [0.717, 1.165) is 49.4 Å². The van der Waals surface area contributed by atoms with Gasteiger partial charge in [0.15, 0.2) is 17.9 Å². The summed E-state index contributed by atoms with van der Waals surface area (Å²) in [6, 6.07) is 8.31. The maximum atomic E-state index is 15.1. The molecule has 3 aliphatic rings. The highest BCUT2D eigenvalue weighted by Crippen LogP contribution is 2.47.